The molecule has 2 rings (SSSR count). The summed E-state index contributed by atoms with van der Waals surface area (Å²) >= 11 is 0. The molecule has 1 aliphatic rings. The lowest BCUT2D eigenvalue weighted by molar-refractivity contribution is -0.137. The zero-order valence-electron chi connectivity index (χ0n) is 10.2. The van der Waals surface area contributed by atoms with Crippen LogP contribution in [-0.4, -0.2) is 59.8 Å². The van der Waals surface area contributed by atoms with Crippen molar-refractivity contribution in [1.29, 1.82) is 0 Å². The van der Waals surface area contributed by atoms with Crippen LogP contribution < -0.4 is 4.74 Å². The van der Waals surface area contributed by atoms with Gasteiger partial charge in [-0.1, -0.05) is 0 Å². The lowest BCUT2D eigenvalue weighted by atomic mass is 10.3. The number of morpholine rings is 1. The number of pyridine rings is 1. The van der Waals surface area contributed by atoms with Gasteiger partial charge in [0.2, 0.25) is 0 Å². The Kier molecular flexibility index (Phi) is 4.30. The lowest BCUT2D eigenvalue weighted by Crippen LogP contribution is -2.42. The first-order chi connectivity index (χ1) is 9.16. The number of ether oxygens (including phenoxy) is 2. The van der Waals surface area contributed by atoms with Crippen molar-refractivity contribution in [2.75, 3.05) is 32.9 Å². The minimum Gasteiger partial charge on any atom is -0.482 e. The molecule has 0 atom stereocenters. The summed E-state index contributed by atoms with van der Waals surface area (Å²) in [7, 11) is 0. The van der Waals surface area contributed by atoms with Gasteiger partial charge >= 0.3 is 5.97 Å². The molecule has 0 saturated carbocycles. The number of carboxylic acid groups (broad SMARTS) is 1. The average molecular weight is 266 g/mol. The van der Waals surface area contributed by atoms with Gasteiger partial charge in [-0.15, -0.1) is 0 Å². The number of carbonyl (C=O) groups is 2. The van der Waals surface area contributed by atoms with Crippen molar-refractivity contribution in [1.82, 2.24) is 9.88 Å². The fourth-order valence-corrected chi connectivity index (χ4v) is 1.66. The van der Waals surface area contributed by atoms with E-state index in [2.05, 4.69) is 4.98 Å². The van der Waals surface area contributed by atoms with Gasteiger partial charge in [0, 0.05) is 19.3 Å². The highest BCUT2D eigenvalue weighted by Crippen LogP contribution is 2.11. The van der Waals surface area contributed by atoms with Crippen LogP contribution in [0.3, 0.4) is 0 Å². The molecule has 1 N–H and O–H groups in total. The van der Waals surface area contributed by atoms with Crippen LogP contribution in [0.2, 0.25) is 0 Å². The Labute approximate surface area is 109 Å². The van der Waals surface area contributed by atoms with Gasteiger partial charge in [-0.05, 0) is 6.07 Å². The van der Waals surface area contributed by atoms with Crippen molar-refractivity contribution >= 4 is 11.9 Å². The van der Waals surface area contributed by atoms with Gasteiger partial charge < -0.3 is 19.5 Å². The van der Waals surface area contributed by atoms with Gasteiger partial charge in [0.1, 0.15) is 5.75 Å². The topological polar surface area (TPSA) is 89.0 Å². The fraction of sp³-hybridized carbons (Fsp3) is 0.417. The first-order valence-corrected chi connectivity index (χ1v) is 5.83. The molecular formula is C12H14N2O5. The summed E-state index contributed by atoms with van der Waals surface area (Å²) in [4.78, 5) is 27.9. The summed E-state index contributed by atoms with van der Waals surface area (Å²) in [5, 5.41) is 8.81. The van der Waals surface area contributed by atoms with Gasteiger partial charge in [0.15, 0.2) is 6.61 Å². The van der Waals surface area contributed by atoms with Crippen molar-refractivity contribution in [3.05, 3.63) is 24.0 Å². The Bertz CT molecular complexity index is 471. The largest absolute Gasteiger partial charge is 0.482 e. The second-order valence-electron chi connectivity index (χ2n) is 4.00. The maximum absolute atomic E-state index is 11.8. The van der Waals surface area contributed by atoms with E-state index in [0.717, 1.165) is 0 Å². The number of carbonyl (C=O) groups excluding carboxylic acids is 1. The van der Waals surface area contributed by atoms with Gasteiger partial charge in [-0.2, -0.15) is 0 Å². The van der Waals surface area contributed by atoms with E-state index in [1.165, 1.54) is 18.5 Å². The summed E-state index contributed by atoms with van der Waals surface area (Å²) < 4.78 is 10.4. The third kappa shape index (κ3) is 3.65. The van der Waals surface area contributed by atoms with Crippen molar-refractivity contribution in [3.8, 4) is 5.75 Å². The van der Waals surface area contributed by atoms with E-state index in [9.17, 15) is 9.59 Å². The predicted molar refractivity (Wildman–Crippen MR) is 64.1 cm³/mol. The summed E-state index contributed by atoms with van der Waals surface area (Å²) in [6.45, 7) is 2.03. The number of aromatic nitrogens is 1. The minimum atomic E-state index is -1.09. The normalized spacial score (nSPS) is 15.1. The van der Waals surface area contributed by atoms with Gasteiger partial charge in [0.25, 0.3) is 5.91 Å². The van der Waals surface area contributed by atoms with Crippen LogP contribution in [-0.2, 0) is 9.53 Å². The summed E-state index contributed by atoms with van der Waals surface area (Å²) in [6.07, 6.45) is 2.60. The second kappa shape index (κ2) is 6.14. The van der Waals surface area contributed by atoms with E-state index in [-0.39, 0.29) is 23.8 Å². The molecule has 0 spiro atoms. The number of nitrogens with zero attached hydrogens (tertiary/aromatic N) is 2. The highest BCUT2D eigenvalue weighted by molar-refractivity contribution is 5.87. The van der Waals surface area contributed by atoms with E-state index < -0.39 is 5.97 Å². The predicted octanol–water partition coefficient (Wildman–Crippen LogP) is 0.0174. The van der Waals surface area contributed by atoms with Gasteiger partial charge in [-0.3, -0.25) is 9.78 Å². The third-order valence-corrected chi connectivity index (χ3v) is 2.69. The lowest BCUT2D eigenvalue weighted by Gasteiger charge is -2.26. The third-order valence-electron chi connectivity index (χ3n) is 2.69. The molecule has 1 aliphatic heterocycles. The summed E-state index contributed by atoms with van der Waals surface area (Å²) in [5.41, 5.74) is 0.0244. The number of carboxylic acids is 1. The van der Waals surface area contributed by atoms with Crippen LogP contribution in [0.4, 0.5) is 0 Å². The number of amides is 1. The first kappa shape index (κ1) is 13.3. The molecule has 0 radical (unpaired) electrons. The zero-order valence-corrected chi connectivity index (χ0v) is 10.2. The van der Waals surface area contributed by atoms with Crippen molar-refractivity contribution in [2.45, 2.75) is 0 Å². The van der Waals surface area contributed by atoms with Crippen LogP contribution in [0.1, 0.15) is 10.4 Å². The summed E-state index contributed by atoms with van der Waals surface area (Å²) in [6, 6.07) is 1.34. The van der Waals surface area contributed by atoms with E-state index in [1.807, 2.05) is 0 Å². The standard InChI is InChI=1S/C12H14N2O5/c15-11(14-1-3-18-4-2-14)8-19-10-5-9(12(16)17)6-13-7-10/h5-7H,1-4,8H2,(H,16,17). The Hall–Kier alpha value is -2.15. The van der Waals surface area contributed by atoms with Gasteiger partial charge in [0.05, 0.1) is 25.0 Å². The van der Waals surface area contributed by atoms with E-state index in [4.69, 9.17) is 14.6 Å². The molecule has 0 aromatic carbocycles. The SMILES string of the molecule is O=C(O)c1cncc(OCC(=O)N2CCOCC2)c1. The van der Waals surface area contributed by atoms with Crippen LogP contribution in [0.5, 0.6) is 5.75 Å². The van der Waals surface area contributed by atoms with Crippen LogP contribution in [0, 0.1) is 0 Å². The second-order valence-corrected chi connectivity index (χ2v) is 4.00. The molecule has 2 heterocycles. The van der Waals surface area contributed by atoms with Crippen molar-refractivity contribution in [2.24, 2.45) is 0 Å². The minimum absolute atomic E-state index is 0.0244. The van der Waals surface area contributed by atoms with E-state index in [0.29, 0.717) is 26.3 Å². The molecule has 7 nitrogen and oxygen atoms in total. The molecule has 0 bridgehead atoms. The van der Waals surface area contributed by atoms with Crippen LogP contribution >= 0.6 is 0 Å². The molecule has 102 valence electrons. The number of rotatable bonds is 4. The Morgan fingerprint density at radius 3 is 2.79 bits per heavy atom. The fourth-order valence-electron chi connectivity index (χ4n) is 1.66. The maximum atomic E-state index is 11.8. The molecule has 1 fully saturated rings. The monoisotopic (exact) mass is 266 g/mol. The van der Waals surface area contributed by atoms with Crippen LogP contribution in [0.25, 0.3) is 0 Å². The van der Waals surface area contributed by atoms with Gasteiger partial charge in [-0.25, -0.2) is 4.79 Å². The molecule has 1 saturated heterocycles. The van der Waals surface area contributed by atoms with Crippen molar-refractivity contribution in [3.63, 3.8) is 0 Å². The Morgan fingerprint density at radius 1 is 1.37 bits per heavy atom. The molecule has 0 unspecified atom stereocenters. The molecule has 7 heteroatoms. The Morgan fingerprint density at radius 2 is 2.11 bits per heavy atom. The molecule has 1 amide bonds. The van der Waals surface area contributed by atoms with E-state index in [1.54, 1.807) is 4.90 Å². The van der Waals surface area contributed by atoms with E-state index >= 15 is 0 Å². The number of hydrogen-bond donors (Lipinski definition) is 1. The smallest absolute Gasteiger partial charge is 0.337 e. The zero-order chi connectivity index (χ0) is 13.7. The Balaban J connectivity index is 1.89. The van der Waals surface area contributed by atoms with Crippen molar-refractivity contribution < 1.29 is 24.2 Å². The number of aromatic carboxylic acids is 1. The quantitative estimate of drug-likeness (QED) is 0.826. The highest BCUT2D eigenvalue weighted by atomic mass is 16.5. The molecule has 0 aliphatic carbocycles. The molecule has 1 aromatic rings. The molecule has 19 heavy (non-hydrogen) atoms. The number of hydrogen-bond acceptors (Lipinski definition) is 5. The molecular weight excluding hydrogens is 252 g/mol. The highest BCUT2D eigenvalue weighted by Gasteiger charge is 2.17. The first-order valence-electron chi connectivity index (χ1n) is 5.83. The average Bonchev–Trinajstić information content (AvgIpc) is 2.46. The van der Waals surface area contributed by atoms with Crippen LogP contribution in [0.15, 0.2) is 18.5 Å². The maximum Gasteiger partial charge on any atom is 0.337 e. The summed E-state index contributed by atoms with van der Waals surface area (Å²) in [5.74, 6) is -0.969. The molecule has 1 aromatic heterocycles.